The molecule has 1 N–H and O–H groups in total. The van der Waals surface area contributed by atoms with Crippen molar-refractivity contribution in [1.29, 1.82) is 0 Å². The molecule has 0 spiro atoms. The van der Waals surface area contributed by atoms with Gasteiger partial charge in [0, 0.05) is 19.6 Å². The molecule has 116 valence electrons. The Kier molecular flexibility index (Phi) is 8.22. The summed E-state index contributed by atoms with van der Waals surface area (Å²) in [6.45, 7) is 3.26. The van der Waals surface area contributed by atoms with Gasteiger partial charge in [0.1, 0.15) is 6.61 Å². The summed E-state index contributed by atoms with van der Waals surface area (Å²) in [6.07, 6.45) is 3.91. The van der Waals surface area contributed by atoms with Crippen LogP contribution in [0.3, 0.4) is 0 Å². The fourth-order valence-corrected chi connectivity index (χ4v) is 2.33. The van der Waals surface area contributed by atoms with Crippen molar-refractivity contribution in [2.24, 2.45) is 0 Å². The number of likely N-dealkylation sites (tertiary alicyclic amines) is 1. The second-order valence-corrected chi connectivity index (χ2v) is 4.88. The molecule has 0 saturated carbocycles. The average molecular weight is 287 g/mol. The smallest absolute Gasteiger partial charge is 0.332 e. The van der Waals surface area contributed by atoms with Crippen molar-refractivity contribution >= 4 is 11.9 Å². The van der Waals surface area contributed by atoms with Crippen LogP contribution >= 0.6 is 0 Å². The van der Waals surface area contributed by atoms with E-state index < -0.39 is 0 Å². The van der Waals surface area contributed by atoms with Crippen LogP contribution in [0.5, 0.6) is 0 Å². The fraction of sp³-hybridized carbons (Fsp3) is 0.857. The zero-order valence-corrected chi connectivity index (χ0v) is 12.2. The number of carbonyl (C=O) groups is 2. The molecule has 1 rings (SSSR count). The zero-order chi connectivity index (χ0) is 14.8. The summed E-state index contributed by atoms with van der Waals surface area (Å²) in [5.41, 5.74) is 0. The van der Waals surface area contributed by atoms with Crippen LogP contribution in [0.15, 0.2) is 0 Å². The van der Waals surface area contributed by atoms with Gasteiger partial charge in [-0.1, -0.05) is 0 Å². The Morgan fingerprint density at radius 3 is 2.95 bits per heavy atom. The van der Waals surface area contributed by atoms with Crippen LogP contribution in [-0.4, -0.2) is 60.9 Å². The van der Waals surface area contributed by atoms with Crippen LogP contribution in [0.2, 0.25) is 0 Å². The van der Waals surface area contributed by atoms with Gasteiger partial charge >= 0.3 is 5.97 Å². The van der Waals surface area contributed by atoms with Gasteiger partial charge in [-0.15, -0.1) is 0 Å². The van der Waals surface area contributed by atoms with Gasteiger partial charge in [0.05, 0.1) is 19.3 Å². The van der Waals surface area contributed by atoms with Gasteiger partial charge in [0.25, 0.3) is 0 Å². The number of amides is 1. The molecular formula is C14H25NO5. The van der Waals surface area contributed by atoms with Crippen LogP contribution in [-0.2, 0) is 19.1 Å². The Balaban J connectivity index is 2.10. The Hall–Kier alpha value is -1.14. The van der Waals surface area contributed by atoms with E-state index in [0.29, 0.717) is 26.2 Å². The lowest BCUT2D eigenvalue weighted by Gasteiger charge is -2.34. The molecule has 6 heteroatoms. The lowest BCUT2D eigenvalue weighted by Crippen LogP contribution is -2.46. The highest BCUT2D eigenvalue weighted by atomic mass is 16.6. The third kappa shape index (κ3) is 5.88. The summed E-state index contributed by atoms with van der Waals surface area (Å²) < 4.78 is 9.93. The largest absolute Gasteiger partial charge is 0.464 e. The fourth-order valence-electron chi connectivity index (χ4n) is 2.33. The number of rotatable bonds is 9. The van der Waals surface area contributed by atoms with Crippen molar-refractivity contribution < 1.29 is 24.2 Å². The second kappa shape index (κ2) is 9.72. The summed E-state index contributed by atoms with van der Waals surface area (Å²) in [6, 6.07) is -0.0308. The number of aliphatic hydroxyl groups excluding tert-OH is 1. The molecule has 1 saturated heterocycles. The molecule has 1 atom stereocenters. The molecule has 0 aliphatic carbocycles. The van der Waals surface area contributed by atoms with Crippen LogP contribution in [0.4, 0.5) is 0 Å². The topological polar surface area (TPSA) is 76.1 Å². The molecule has 1 amide bonds. The molecule has 1 aliphatic rings. The number of carbonyl (C=O) groups excluding carboxylic acids is 2. The van der Waals surface area contributed by atoms with E-state index in [1.165, 1.54) is 0 Å². The number of hydrogen-bond donors (Lipinski definition) is 1. The van der Waals surface area contributed by atoms with Crippen molar-refractivity contribution in [3.05, 3.63) is 0 Å². The van der Waals surface area contributed by atoms with Crippen molar-refractivity contribution in [2.45, 2.75) is 45.1 Å². The van der Waals surface area contributed by atoms with E-state index in [1.54, 1.807) is 11.8 Å². The lowest BCUT2D eigenvalue weighted by atomic mass is 10.0. The van der Waals surface area contributed by atoms with Crippen LogP contribution in [0.25, 0.3) is 0 Å². The minimum absolute atomic E-state index is 0.0181. The second-order valence-electron chi connectivity index (χ2n) is 4.88. The van der Waals surface area contributed by atoms with Crippen LogP contribution < -0.4 is 0 Å². The first-order valence-corrected chi connectivity index (χ1v) is 7.32. The minimum atomic E-state index is -0.348. The maximum absolute atomic E-state index is 11.8. The maximum Gasteiger partial charge on any atom is 0.332 e. The molecule has 20 heavy (non-hydrogen) atoms. The Labute approximate surface area is 120 Å². The number of esters is 1. The molecule has 0 radical (unpaired) electrons. The molecular weight excluding hydrogens is 262 g/mol. The molecule has 0 aromatic carbocycles. The van der Waals surface area contributed by atoms with Crippen molar-refractivity contribution in [2.75, 3.05) is 33.0 Å². The van der Waals surface area contributed by atoms with E-state index in [4.69, 9.17) is 9.47 Å². The van der Waals surface area contributed by atoms with Gasteiger partial charge in [-0.3, -0.25) is 4.79 Å². The number of piperidine rings is 1. The normalized spacial score (nSPS) is 19.2. The van der Waals surface area contributed by atoms with E-state index in [2.05, 4.69) is 0 Å². The molecule has 0 bridgehead atoms. The van der Waals surface area contributed by atoms with Crippen molar-refractivity contribution in [1.82, 2.24) is 4.90 Å². The maximum atomic E-state index is 11.8. The third-order valence-electron chi connectivity index (χ3n) is 3.36. The van der Waals surface area contributed by atoms with Crippen molar-refractivity contribution in [3.63, 3.8) is 0 Å². The minimum Gasteiger partial charge on any atom is -0.464 e. The van der Waals surface area contributed by atoms with Crippen LogP contribution in [0, 0.1) is 0 Å². The van der Waals surface area contributed by atoms with E-state index >= 15 is 0 Å². The molecule has 6 nitrogen and oxygen atoms in total. The van der Waals surface area contributed by atoms with Gasteiger partial charge in [-0.25, -0.2) is 4.79 Å². The van der Waals surface area contributed by atoms with Gasteiger partial charge in [-0.05, 0) is 32.6 Å². The summed E-state index contributed by atoms with van der Waals surface area (Å²) in [7, 11) is 0. The zero-order valence-electron chi connectivity index (χ0n) is 12.2. The number of aliphatic hydroxyl groups is 1. The molecule has 1 fully saturated rings. The predicted molar refractivity (Wildman–Crippen MR) is 73.1 cm³/mol. The molecule has 0 aromatic heterocycles. The molecule has 1 heterocycles. The quantitative estimate of drug-likeness (QED) is 0.499. The SMILES string of the molecule is CCOC(=O)COCCCCN1C(=O)CCC[C@@H]1CO. The number of nitrogens with zero attached hydrogens (tertiary/aromatic N) is 1. The van der Waals surface area contributed by atoms with Gasteiger partial charge < -0.3 is 19.5 Å². The first-order valence-electron chi connectivity index (χ1n) is 7.32. The highest BCUT2D eigenvalue weighted by Gasteiger charge is 2.26. The summed E-state index contributed by atoms with van der Waals surface area (Å²) in [5.74, 6) is -0.221. The van der Waals surface area contributed by atoms with Crippen molar-refractivity contribution in [3.8, 4) is 0 Å². The standard InChI is InChI=1S/C14H25NO5/c1-2-20-14(18)11-19-9-4-3-8-15-12(10-16)6-5-7-13(15)17/h12,16H,2-11H2,1H3/t12-/m1/s1. The van der Waals surface area contributed by atoms with Crippen LogP contribution in [0.1, 0.15) is 39.0 Å². The highest BCUT2D eigenvalue weighted by molar-refractivity contribution is 5.77. The monoisotopic (exact) mass is 287 g/mol. The Bertz CT molecular complexity index is 308. The summed E-state index contributed by atoms with van der Waals surface area (Å²) >= 11 is 0. The third-order valence-corrected chi connectivity index (χ3v) is 3.36. The van der Waals surface area contributed by atoms with Gasteiger partial charge in [0.15, 0.2) is 0 Å². The molecule has 0 unspecified atom stereocenters. The number of ether oxygens (including phenoxy) is 2. The van der Waals surface area contributed by atoms with E-state index in [1.807, 2.05) is 0 Å². The van der Waals surface area contributed by atoms with E-state index in [-0.39, 0.29) is 31.1 Å². The van der Waals surface area contributed by atoms with Gasteiger partial charge in [-0.2, -0.15) is 0 Å². The number of hydrogen-bond acceptors (Lipinski definition) is 5. The first-order chi connectivity index (χ1) is 9.69. The summed E-state index contributed by atoms with van der Waals surface area (Å²) in [5, 5.41) is 9.26. The summed E-state index contributed by atoms with van der Waals surface area (Å²) in [4.78, 5) is 24.6. The first kappa shape index (κ1) is 16.9. The predicted octanol–water partition coefficient (Wildman–Crippen LogP) is 0.720. The number of unbranched alkanes of at least 4 members (excludes halogenated alkanes) is 1. The Morgan fingerprint density at radius 2 is 2.25 bits per heavy atom. The van der Waals surface area contributed by atoms with E-state index in [9.17, 15) is 14.7 Å². The molecule has 0 aromatic rings. The molecule has 1 aliphatic heterocycles. The lowest BCUT2D eigenvalue weighted by molar-refractivity contribution is -0.148. The Morgan fingerprint density at radius 1 is 1.45 bits per heavy atom. The van der Waals surface area contributed by atoms with E-state index in [0.717, 1.165) is 25.7 Å². The average Bonchev–Trinajstić information content (AvgIpc) is 2.44. The van der Waals surface area contributed by atoms with Gasteiger partial charge in [0.2, 0.25) is 5.91 Å². The highest BCUT2D eigenvalue weighted by Crippen LogP contribution is 2.18.